The molecule has 0 fully saturated rings. The Labute approximate surface area is 101 Å². The maximum atomic E-state index is 6.00. The Morgan fingerprint density at radius 1 is 1.29 bits per heavy atom. The van der Waals surface area contributed by atoms with Crippen molar-refractivity contribution in [3.05, 3.63) is 41.1 Å². The summed E-state index contributed by atoms with van der Waals surface area (Å²) in [6.07, 6.45) is 0.990. The number of nitrogens with two attached hydrogens (primary N) is 1. The van der Waals surface area contributed by atoms with Crippen molar-refractivity contribution in [3.63, 3.8) is 0 Å². The molecule has 1 aromatic rings. The monoisotopic (exact) mass is 227 g/mol. The lowest BCUT2D eigenvalue weighted by atomic mass is 9.72. The summed E-state index contributed by atoms with van der Waals surface area (Å²) in [5, 5.41) is 3.43. The number of dihydropyridines is 1. The van der Waals surface area contributed by atoms with Crippen molar-refractivity contribution < 1.29 is 0 Å². The van der Waals surface area contributed by atoms with Gasteiger partial charge in [0.2, 0.25) is 0 Å². The number of fused-ring (bicyclic) bond motifs is 1. The Balaban J connectivity index is 2.21. The SMILES string of the molecule is CC1(C)C2=C(Nc3ccccc31)C(N)=NCC2. The molecule has 0 saturated heterocycles. The third-order valence-electron chi connectivity index (χ3n) is 3.82. The van der Waals surface area contributed by atoms with Gasteiger partial charge in [0, 0.05) is 17.6 Å². The lowest BCUT2D eigenvalue weighted by molar-refractivity contribution is 0.579. The maximum absolute atomic E-state index is 6.00. The topological polar surface area (TPSA) is 50.4 Å². The van der Waals surface area contributed by atoms with Gasteiger partial charge in [-0.25, -0.2) is 0 Å². The minimum atomic E-state index is 0.0394. The van der Waals surface area contributed by atoms with Gasteiger partial charge in [-0.05, 0) is 23.6 Å². The molecule has 88 valence electrons. The highest BCUT2D eigenvalue weighted by molar-refractivity contribution is 6.02. The van der Waals surface area contributed by atoms with E-state index in [1.807, 2.05) is 6.07 Å². The number of aliphatic imine (C=N–C) groups is 1. The van der Waals surface area contributed by atoms with Crippen molar-refractivity contribution >= 4 is 11.5 Å². The van der Waals surface area contributed by atoms with E-state index in [-0.39, 0.29) is 5.41 Å². The fraction of sp³-hybridized carbons (Fsp3) is 0.357. The molecule has 0 saturated carbocycles. The van der Waals surface area contributed by atoms with Crippen LogP contribution in [0, 0.1) is 0 Å². The summed E-state index contributed by atoms with van der Waals surface area (Å²) in [5.41, 5.74) is 10.9. The highest BCUT2D eigenvalue weighted by Gasteiger charge is 2.36. The number of rotatable bonds is 0. The number of nitrogens with one attached hydrogen (secondary N) is 1. The van der Waals surface area contributed by atoms with E-state index in [0.717, 1.165) is 24.4 Å². The summed E-state index contributed by atoms with van der Waals surface area (Å²) in [5.74, 6) is 0.647. The number of anilines is 1. The molecule has 0 aliphatic carbocycles. The van der Waals surface area contributed by atoms with Gasteiger partial charge in [0.25, 0.3) is 0 Å². The van der Waals surface area contributed by atoms with Crippen LogP contribution in [-0.4, -0.2) is 12.4 Å². The van der Waals surface area contributed by atoms with Crippen LogP contribution in [0.3, 0.4) is 0 Å². The smallest absolute Gasteiger partial charge is 0.142 e. The number of para-hydroxylation sites is 1. The summed E-state index contributed by atoms with van der Waals surface area (Å²) >= 11 is 0. The minimum Gasteiger partial charge on any atom is -0.382 e. The highest BCUT2D eigenvalue weighted by Crippen LogP contribution is 2.44. The van der Waals surface area contributed by atoms with Crippen molar-refractivity contribution in [1.82, 2.24) is 0 Å². The van der Waals surface area contributed by atoms with Crippen molar-refractivity contribution in [1.29, 1.82) is 0 Å². The van der Waals surface area contributed by atoms with E-state index in [1.54, 1.807) is 0 Å². The molecule has 2 aliphatic heterocycles. The fourth-order valence-electron chi connectivity index (χ4n) is 2.85. The van der Waals surface area contributed by atoms with Gasteiger partial charge in [0.05, 0.1) is 5.70 Å². The standard InChI is InChI=1S/C14H17N3/c1-14(2)9-5-3-4-6-11(9)17-12-10(14)7-8-16-13(12)15/h3-6,17H,7-8H2,1-2H3,(H2,15,16). The first-order chi connectivity index (χ1) is 8.10. The van der Waals surface area contributed by atoms with Gasteiger partial charge in [-0.3, -0.25) is 4.99 Å². The number of nitrogens with zero attached hydrogens (tertiary/aromatic N) is 1. The zero-order chi connectivity index (χ0) is 12.0. The molecule has 3 heteroatoms. The summed E-state index contributed by atoms with van der Waals surface area (Å²) in [7, 11) is 0. The van der Waals surface area contributed by atoms with Crippen molar-refractivity contribution in [2.45, 2.75) is 25.7 Å². The van der Waals surface area contributed by atoms with Crippen LogP contribution >= 0.6 is 0 Å². The average molecular weight is 227 g/mol. The molecule has 0 radical (unpaired) electrons. The van der Waals surface area contributed by atoms with Gasteiger partial charge in [-0.2, -0.15) is 0 Å². The van der Waals surface area contributed by atoms with Crippen molar-refractivity contribution in [2.75, 3.05) is 11.9 Å². The van der Waals surface area contributed by atoms with E-state index in [9.17, 15) is 0 Å². The van der Waals surface area contributed by atoms with E-state index in [0.29, 0.717) is 5.84 Å². The number of amidine groups is 1. The molecule has 3 nitrogen and oxygen atoms in total. The number of benzene rings is 1. The van der Waals surface area contributed by atoms with Crippen LogP contribution in [0.25, 0.3) is 0 Å². The summed E-state index contributed by atoms with van der Waals surface area (Å²) in [6.45, 7) is 5.33. The van der Waals surface area contributed by atoms with E-state index in [2.05, 4.69) is 42.4 Å². The number of hydrogen-bond donors (Lipinski definition) is 2. The van der Waals surface area contributed by atoms with E-state index in [1.165, 1.54) is 11.1 Å². The van der Waals surface area contributed by atoms with Crippen LogP contribution in [0.5, 0.6) is 0 Å². The molecule has 0 spiro atoms. The number of hydrogen-bond acceptors (Lipinski definition) is 3. The molecule has 17 heavy (non-hydrogen) atoms. The lowest BCUT2D eigenvalue weighted by Crippen LogP contribution is -2.37. The zero-order valence-corrected chi connectivity index (χ0v) is 10.2. The molecule has 1 aromatic carbocycles. The molecule has 0 atom stereocenters. The highest BCUT2D eigenvalue weighted by atomic mass is 15.0. The molecule has 0 unspecified atom stereocenters. The predicted octanol–water partition coefficient (Wildman–Crippen LogP) is 2.40. The van der Waals surface area contributed by atoms with Gasteiger partial charge in [-0.1, -0.05) is 32.0 Å². The van der Waals surface area contributed by atoms with Crippen LogP contribution < -0.4 is 11.1 Å². The normalized spacial score (nSPS) is 21.2. The second kappa shape index (κ2) is 3.36. The Hall–Kier alpha value is -1.77. The van der Waals surface area contributed by atoms with Gasteiger partial charge in [0.15, 0.2) is 0 Å². The minimum absolute atomic E-state index is 0.0394. The Morgan fingerprint density at radius 3 is 2.88 bits per heavy atom. The van der Waals surface area contributed by atoms with Crippen molar-refractivity contribution in [3.8, 4) is 0 Å². The molecule has 0 aromatic heterocycles. The molecular formula is C14H17N3. The van der Waals surface area contributed by atoms with Gasteiger partial charge in [0.1, 0.15) is 5.84 Å². The summed E-state index contributed by atoms with van der Waals surface area (Å²) in [6, 6.07) is 8.43. The second-order valence-corrected chi connectivity index (χ2v) is 5.17. The Morgan fingerprint density at radius 2 is 2.06 bits per heavy atom. The van der Waals surface area contributed by atoms with Crippen LogP contribution in [0.2, 0.25) is 0 Å². The summed E-state index contributed by atoms with van der Waals surface area (Å²) in [4.78, 5) is 4.33. The molecule has 0 amide bonds. The van der Waals surface area contributed by atoms with Crippen molar-refractivity contribution in [2.24, 2.45) is 10.7 Å². The summed E-state index contributed by atoms with van der Waals surface area (Å²) < 4.78 is 0. The first-order valence-electron chi connectivity index (χ1n) is 6.01. The first kappa shape index (κ1) is 10.4. The van der Waals surface area contributed by atoms with E-state index in [4.69, 9.17) is 5.73 Å². The van der Waals surface area contributed by atoms with Gasteiger partial charge in [-0.15, -0.1) is 0 Å². The molecule has 2 aliphatic rings. The van der Waals surface area contributed by atoms with Gasteiger partial charge < -0.3 is 11.1 Å². The van der Waals surface area contributed by atoms with Gasteiger partial charge >= 0.3 is 0 Å². The third kappa shape index (κ3) is 1.38. The zero-order valence-electron chi connectivity index (χ0n) is 10.2. The maximum Gasteiger partial charge on any atom is 0.142 e. The second-order valence-electron chi connectivity index (χ2n) is 5.17. The first-order valence-corrected chi connectivity index (χ1v) is 6.01. The van der Waals surface area contributed by atoms with Crippen LogP contribution in [0.4, 0.5) is 5.69 Å². The molecular weight excluding hydrogens is 210 g/mol. The Kier molecular flexibility index (Phi) is 2.05. The Bertz CT molecular complexity index is 538. The quantitative estimate of drug-likeness (QED) is 0.715. The molecule has 2 heterocycles. The third-order valence-corrected chi connectivity index (χ3v) is 3.82. The lowest BCUT2D eigenvalue weighted by Gasteiger charge is -2.39. The van der Waals surface area contributed by atoms with Crippen LogP contribution in [-0.2, 0) is 5.41 Å². The average Bonchev–Trinajstić information content (AvgIpc) is 2.31. The van der Waals surface area contributed by atoms with Crippen LogP contribution in [0.1, 0.15) is 25.8 Å². The fourth-order valence-corrected chi connectivity index (χ4v) is 2.85. The molecule has 3 rings (SSSR count). The van der Waals surface area contributed by atoms with E-state index < -0.39 is 0 Å². The largest absolute Gasteiger partial charge is 0.382 e. The van der Waals surface area contributed by atoms with Crippen LogP contribution in [0.15, 0.2) is 40.5 Å². The molecule has 3 N–H and O–H groups in total. The molecule has 0 bridgehead atoms. The van der Waals surface area contributed by atoms with E-state index >= 15 is 0 Å². The predicted molar refractivity (Wildman–Crippen MR) is 71.2 cm³/mol.